The van der Waals surface area contributed by atoms with Crippen LogP contribution in [0.3, 0.4) is 0 Å². The van der Waals surface area contributed by atoms with E-state index in [0.29, 0.717) is 5.02 Å². The number of anilines is 1. The molecule has 0 atom stereocenters. The highest BCUT2D eigenvalue weighted by Crippen LogP contribution is 2.26. The first kappa shape index (κ1) is 18.1. The van der Waals surface area contributed by atoms with E-state index in [-0.39, 0.29) is 0 Å². The van der Waals surface area contributed by atoms with Crippen LogP contribution in [0.1, 0.15) is 11.3 Å². The van der Waals surface area contributed by atoms with Gasteiger partial charge in [-0.1, -0.05) is 42.0 Å². The van der Waals surface area contributed by atoms with E-state index in [1.54, 1.807) is 0 Å². The highest BCUT2D eigenvalue weighted by molar-refractivity contribution is 7.80. The molecule has 1 saturated heterocycles. The summed E-state index contributed by atoms with van der Waals surface area (Å²) in [7, 11) is 0. The Hall–Kier alpha value is -2.30. The first-order valence-electron chi connectivity index (χ1n) is 9.07. The topological polar surface area (TPSA) is 19.6 Å². The lowest BCUT2D eigenvalue weighted by molar-refractivity contribution is 0.385. The number of aryl methyl sites for hydroxylation is 1. The van der Waals surface area contributed by atoms with Gasteiger partial charge in [-0.25, -0.2) is 0 Å². The highest BCUT2D eigenvalue weighted by atomic mass is 35.5. The number of para-hydroxylation sites is 1. The standard InChI is InChI=1S/C22H21ClN2OS/c1-16-4-2-3-5-19(16)24-12-14-25(15-13-24)22(27)21-11-10-20(26-21)17-6-8-18(23)9-7-17/h2-11H,12-15H2,1H3. The third kappa shape index (κ3) is 3.87. The van der Waals surface area contributed by atoms with Gasteiger partial charge in [-0.15, -0.1) is 0 Å². The van der Waals surface area contributed by atoms with E-state index in [1.165, 1.54) is 11.3 Å². The van der Waals surface area contributed by atoms with E-state index in [1.807, 2.05) is 36.4 Å². The van der Waals surface area contributed by atoms with Crippen LogP contribution in [-0.2, 0) is 0 Å². The van der Waals surface area contributed by atoms with Gasteiger partial charge in [-0.3, -0.25) is 0 Å². The van der Waals surface area contributed by atoms with Gasteiger partial charge < -0.3 is 14.2 Å². The Bertz CT molecular complexity index is 943. The summed E-state index contributed by atoms with van der Waals surface area (Å²) in [6.07, 6.45) is 0. The summed E-state index contributed by atoms with van der Waals surface area (Å²) in [6.45, 7) is 5.85. The van der Waals surface area contributed by atoms with Crippen LogP contribution >= 0.6 is 23.8 Å². The number of hydrogen-bond donors (Lipinski definition) is 0. The Labute approximate surface area is 170 Å². The van der Waals surface area contributed by atoms with Gasteiger partial charge in [0.25, 0.3) is 0 Å². The number of nitrogens with zero attached hydrogens (tertiary/aromatic N) is 2. The van der Waals surface area contributed by atoms with Crippen molar-refractivity contribution in [2.24, 2.45) is 0 Å². The van der Waals surface area contributed by atoms with E-state index < -0.39 is 0 Å². The molecule has 1 aliphatic heterocycles. The number of rotatable bonds is 3. The molecule has 0 amide bonds. The van der Waals surface area contributed by atoms with Crippen molar-refractivity contribution < 1.29 is 4.42 Å². The van der Waals surface area contributed by atoms with E-state index in [4.69, 9.17) is 28.2 Å². The number of thiocarbonyl (C=S) groups is 1. The molecule has 0 aliphatic carbocycles. The Morgan fingerprint density at radius 3 is 2.33 bits per heavy atom. The van der Waals surface area contributed by atoms with Crippen molar-refractivity contribution in [2.45, 2.75) is 6.92 Å². The molecule has 1 aliphatic rings. The van der Waals surface area contributed by atoms with Gasteiger partial charge >= 0.3 is 0 Å². The van der Waals surface area contributed by atoms with Crippen molar-refractivity contribution in [2.75, 3.05) is 31.1 Å². The summed E-state index contributed by atoms with van der Waals surface area (Å²) in [5.74, 6) is 1.56. The van der Waals surface area contributed by atoms with Gasteiger partial charge in [0.05, 0.1) is 0 Å². The van der Waals surface area contributed by atoms with Crippen LogP contribution in [0.15, 0.2) is 65.1 Å². The molecule has 2 aromatic carbocycles. The van der Waals surface area contributed by atoms with Gasteiger partial charge in [0.2, 0.25) is 0 Å². The summed E-state index contributed by atoms with van der Waals surface area (Å²) in [5, 5.41) is 0.715. The number of halogens is 1. The number of benzene rings is 2. The molecule has 138 valence electrons. The van der Waals surface area contributed by atoms with Crippen molar-refractivity contribution >= 4 is 34.5 Å². The third-order valence-corrected chi connectivity index (χ3v) is 5.68. The molecule has 0 spiro atoms. The molecule has 27 heavy (non-hydrogen) atoms. The van der Waals surface area contributed by atoms with Crippen LogP contribution in [0.5, 0.6) is 0 Å². The Kier molecular flexibility index (Phi) is 5.19. The smallest absolute Gasteiger partial charge is 0.162 e. The summed E-state index contributed by atoms with van der Waals surface area (Å²) >= 11 is 11.7. The molecule has 0 bridgehead atoms. The molecular formula is C22H21ClN2OS. The van der Waals surface area contributed by atoms with Gasteiger partial charge in [-0.2, -0.15) is 0 Å². The molecule has 0 radical (unpaired) electrons. The lowest BCUT2D eigenvalue weighted by atomic mass is 10.1. The molecule has 3 nitrogen and oxygen atoms in total. The average molecular weight is 397 g/mol. The minimum Gasteiger partial charge on any atom is -0.454 e. The quantitative estimate of drug-likeness (QED) is 0.551. The van der Waals surface area contributed by atoms with Crippen molar-refractivity contribution in [1.29, 1.82) is 0 Å². The SMILES string of the molecule is Cc1ccccc1N1CCN(C(=S)c2ccc(-c3ccc(Cl)cc3)o2)CC1. The van der Waals surface area contributed by atoms with Crippen LogP contribution in [-0.4, -0.2) is 36.1 Å². The lowest BCUT2D eigenvalue weighted by Gasteiger charge is -2.37. The first-order chi connectivity index (χ1) is 13.1. The zero-order valence-electron chi connectivity index (χ0n) is 15.2. The predicted octanol–water partition coefficient (Wildman–Crippen LogP) is 5.41. The highest BCUT2D eigenvalue weighted by Gasteiger charge is 2.22. The Balaban J connectivity index is 1.43. The van der Waals surface area contributed by atoms with Gasteiger partial charge in [0.1, 0.15) is 10.7 Å². The van der Waals surface area contributed by atoms with Crippen molar-refractivity contribution in [3.63, 3.8) is 0 Å². The Morgan fingerprint density at radius 2 is 1.63 bits per heavy atom. The van der Waals surface area contributed by atoms with Crippen molar-refractivity contribution in [3.05, 3.63) is 77.0 Å². The molecule has 4 rings (SSSR count). The van der Waals surface area contributed by atoms with Gasteiger partial charge in [0, 0.05) is 42.5 Å². The fourth-order valence-corrected chi connectivity index (χ4v) is 3.86. The summed E-state index contributed by atoms with van der Waals surface area (Å²) in [6, 6.07) is 20.1. The minimum absolute atomic E-state index is 0.715. The molecule has 3 aromatic rings. The van der Waals surface area contributed by atoms with E-state index >= 15 is 0 Å². The molecule has 0 unspecified atom stereocenters. The Morgan fingerprint density at radius 1 is 0.926 bits per heavy atom. The number of hydrogen-bond acceptors (Lipinski definition) is 3. The van der Waals surface area contributed by atoms with Crippen LogP contribution in [0.2, 0.25) is 5.02 Å². The van der Waals surface area contributed by atoms with E-state index in [0.717, 1.165) is 48.3 Å². The normalized spacial score (nSPS) is 14.4. The van der Waals surface area contributed by atoms with Crippen molar-refractivity contribution in [1.82, 2.24) is 4.90 Å². The van der Waals surface area contributed by atoms with E-state index in [9.17, 15) is 0 Å². The zero-order valence-corrected chi connectivity index (χ0v) is 16.8. The fraction of sp³-hybridized carbons (Fsp3) is 0.227. The molecule has 5 heteroatoms. The van der Waals surface area contributed by atoms with Crippen LogP contribution in [0, 0.1) is 6.92 Å². The van der Waals surface area contributed by atoms with E-state index in [2.05, 4.69) is 41.0 Å². The zero-order chi connectivity index (χ0) is 18.8. The maximum atomic E-state index is 6.02. The minimum atomic E-state index is 0.715. The summed E-state index contributed by atoms with van der Waals surface area (Å²) in [4.78, 5) is 5.43. The largest absolute Gasteiger partial charge is 0.454 e. The average Bonchev–Trinajstić information content (AvgIpc) is 3.19. The maximum absolute atomic E-state index is 6.02. The fourth-order valence-electron chi connectivity index (χ4n) is 3.45. The second-order valence-corrected chi connectivity index (χ2v) is 7.56. The van der Waals surface area contributed by atoms with Crippen molar-refractivity contribution in [3.8, 4) is 11.3 Å². The molecule has 1 fully saturated rings. The maximum Gasteiger partial charge on any atom is 0.162 e. The lowest BCUT2D eigenvalue weighted by Crippen LogP contribution is -2.48. The van der Waals surface area contributed by atoms with Gasteiger partial charge in [0.15, 0.2) is 5.76 Å². The second-order valence-electron chi connectivity index (χ2n) is 6.74. The van der Waals surface area contributed by atoms with Crippen LogP contribution < -0.4 is 4.90 Å². The second kappa shape index (κ2) is 7.75. The predicted molar refractivity (Wildman–Crippen MR) is 116 cm³/mol. The molecule has 0 saturated carbocycles. The molecular weight excluding hydrogens is 376 g/mol. The number of furan rings is 1. The van der Waals surface area contributed by atoms with Crippen LogP contribution in [0.4, 0.5) is 5.69 Å². The monoisotopic (exact) mass is 396 g/mol. The number of piperazine rings is 1. The third-order valence-electron chi connectivity index (χ3n) is 4.97. The summed E-state index contributed by atoms with van der Waals surface area (Å²) < 4.78 is 6.02. The van der Waals surface area contributed by atoms with Crippen LogP contribution in [0.25, 0.3) is 11.3 Å². The summed E-state index contributed by atoms with van der Waals surface area (Å²) in [5.41, 5.74) is 3.62. The molecule has 2 heterocycles. The molecule has 1 aromatic heterocycles. The van der Waals surface area contributed by atoms with Gasteiger partial charge in [-0.05, 0) is 55.0 Å². The molecule has 0 N–H and O–H groups in total. The first-order valence-corrected chi connectivity index (χ1v) is 9.86.